The summed E-state index contributed by atoms with van der Waals surface area (Å²) in [5.74, 6) is 7.44. The van der Waals surface area contributed by atoms with Crippen molar-refractivity contribution in [1.82, 2.24) is 0 Å². The Balaban J connectivity index is 1.99. The van der Waals surface area contributed by atoms with Crippen LogP contribution in [0, 0.1) is 52.8 Å². The van der Waals surface area contributed by atoms with E-state index >= 15 is 0 Å². The summed E-state index contributed by atoms with van der Waals surface area (Å²) >= 11 is 0. The summed E-state index contributed by atoms with van der Waals surface area (Å²) in [4.78, 5) is 0. The zero-order chi connectivity index (χ0) is 16.7. The zero-order valence-electron chi connectivity index (χ0n) is 16.7. The van der Waals surface area contributed by atoms with Crippen LogP contribution < -0.4 is 0 Å². The fraction of sp³-hybridized carbons (Fsp3) is 1.00. The molecule has 0 radical (unpaired) electrons. The van der Waals surface area contributed by atoms with Crippen molar-refractivity contribution in [2.75, 3.05) is 0 Å². The molecule has 2 rings (SSSR count). The van der Waals surface area contributed by atoms with Gasteiger partial charge in [-0.05, 0) is 84.9 Å². The van der Waals surface area contributed by atoms with E-state index in [1.165, 1.54) is 32.1 Å². The van der Waals surface area contributed by atoms with Crippen LogP contribution in [0.4, 0.5) is 0 Å². The molecule has 0 heterocycles. The van der Waals surface area contributed by atoms with Gasteiger partial charge in [-0.2, -0.15) is 0 Å². The fourth-order valence-corrected chi connectivity index (χ4v) is 5.84. The van der Waals surface area contributed by atoms with Gasteiger partial charge < -0.3 is 0 Å². The Kier molecular flexibility index (Phi) is 5.72. The van der Waals surface area contributed by atoms with E-state index in [1.54, 1.807) is 0 Å². The first-order valence-electron chi connectivity index (χ1n) is 10.1. The van der Waals surface area contributed by atoms with Crippen LogP contribution in [-0.2, 0) is 0 Å². The lowest BCUT2D eigenvalue weighted by Crippen LogP contribution is -2.38. The zero-order valence-corrected chi connectivity index (χ0v) is 16.7. The third-order valence-electron chi connectivity index (χ3n) is 8.23. The van der Waals surface area contributed by atoms with Gasteiger partial charge in [0.2, 0.25) is 0 Å². The van der Waals surface area contributed by atoms with Crippen LogP contribution >= 0.6 is 0 Å². The summed E-state index contributed by atoms with van der Waals surface area (Å²) in [6, 6.07) is 0. The average Bonchev–Trinajstić information content (AvgIpc) is 2.41. The Morgan fingerprint density at radius 3 is 1.41 bits per heavy atom. The van der Waals surface area contributed by atoms with E-state index in [4.69, 9.17) is 0 Å². The lowest BCUT2D eigenvalue weighted by molar-refractivity contribution is 0.0276. The van der Waals surface area contributed by atoms with Gasteiger partial charge in [0.15, 0.2) is 0 Å². The van der Waals surface area contributed by atoms with Crippen molar-refractivity contribution >= 4 is 0 Å². The van der Waals surface area contributed by atoms with E-state index in [0.29, 0.717) is 5.41 Å². The second kappa shape index (κ2) is 6.86. The van der Waals surface area contributed by atoms with E-state index in [9.17, 15) is 0 Å². The predicted octanol–water partition coefficient (Wildman–Crippen LogP) is 7.04. The van der Waals surface area contributed by atoms with Crippen LogP contribution in [0.1, 0.15) is 87.5 Å². The maximum Gasteiger partial charge on any atom is -0.0323 e. The SMILES string of the molecule is CC1CC(CC(C)(C)C2CC(C)C(C)C(C)C2)CC(C)C1C. The maximum atomic E-state index is 2.58. The minimum Gasteiger partial charge on any atom is -0.0622 e. The van der Waals surface area contributed by atoms with Gasteiger partial charge in [-0.25, -0.2) is 0 Å². The molecule has 2 saturated carbocycles. The van der Waals surface area contributed by atoms with Crippen LogP contribution in [0.15, 0.2) is 0 Å². The van der Waals surface area contributed by atoms with Crippen molar-refractivity contribution in [3.05, 3.63) is 0 Å². The van der Waals surface area contributed by atoms with E-state index in [1.807, 2.05) is 0 Å². The van der Waals surface area contributed by atoms with Gasteiger partial charge in [0.1, 0.15) is 0 Å². The van der Waals surface area contributed by atoms with E-state index in [-0.39, 0.29) is 0 Å². The molecule has 2 aliphatic rings. The van der Waals surface area contributed by atoms with Crippen molar-refractivity contribution in [1.29, 1.82) is 0 Å². The first-order valence-corrected chi connectivity index (χ1v) is 10.1. The highest BCUT2D eigenvalue weighted by Gasteiger charge is 2.40. The topological polar surface area (TPSA) is 0 Å². The molecular formula is C22H42. The summed E-state index contributed by atoms with van der Waals surface area (Å²) < 4.78 is 0. The van der Waals surface area contributed by atoms with E-state index in [2.05, 4.69) is 55.4 Å². The molecule has 0 saturated heterocycles. The Hall–Kier alpha value is 0. The molecule has 0 spiro atoms. The van der Waals surface area contributed by atoms with Crippen LogP contribution in [0.3, 0.4) is 0 Å². The first kappa shape index (κ1) is 18.3. The third-order valence-corrected chi connectivity index (χ3v) is 8.23. The molecule has 2 aliphatic carbocycles. The van der Waals surface area contributed by atoms with Gasteiger partial charge in [0.25, 0.3) is 0 Å². The second-order valence-corrected chi connectivity index (χ2v) is 10.3. The van der Waals surface area contributed by atoms with Gasteiger partial charge in [-0.1, -0.05) is 55.4 Å². The lowest BCUT2D eigenvalue weighted by atomic mass is 9.58. The number of rotatable bonds is 3. The Labute approximate surface area is 140 Å². The fourth-order valence-electron chi connectivity index (χ4n) is 5.84. The number of hydrogen-bond donors (Lipinski definition) is 0. The average molecular weight is 307 g/mol. The quantitative estimate of drug-likeness (QED) is 0.524. The van der Waals surface area contributed by atoms with Crippen LogP contribution in [-0.4, -0.2) is 0 Å². The van der Waals surface area contributed by atoms with Crippen molar-refractivity contribution in [3.63, 3.8) is 0 Å². The summed E-state index contributed by atoms with van der Waals surface area (Å²) in [5.41, 5.74) is 0.535. The van der Waals surface area contributed by atoms with Crippen LogP contribution in [0.2, 0.25) is 0 Å². The lowest BCUT2D eigenvalue weighted by Gasteiger charge is -2.47. The van der Waals surface area contributed by atoms with Gasteiger partial charge in [0.05, 0.1) is 0 Å². The molecule has 0 N–H and O–H groups in total. The molecular weight excluding hydrogens is 264 g/mol. The highest BCUT2D eigenvalue weighted by molar-refractivity contribution is 4.91. The summed E-state index contributed by atoms with van der Waals surface area (Å²) in [5, 5.41) is 0. The number of hydrogen-bond acceptors (Lipinski definition) is 0. The molecule has 0 heteroatoms. The largest absolute Gasteiger partial charge is 0.0622 e. The van der Waals surface area contributed by atoms with Gasteiger partial charge in [-0.15, -0.1) is 0 Å². The van der Waals surface area contributed by atoms with Gasteiger partial charge in [0, 0.05) is 0 Å². The molecule has 0 aromatic rings. The molecule has 22 heavy (non-hydrogen) atoms. The second-order valence-electron chi connectivity index (χ2n) is 10.3. The van der Waals surface area contributed by atoms with Crippen LogP contribution in [0.25, 0.3) is 0 Å². The highest BCUT2D eigenvalue weighted by atomic mass is 14.5. The highest BCUT2D eigenvalue weighted by Crippen LogP contribution is 2.50. The smallest absolute Gasteiger partial charge is 0.0323 e. The molecule has 0 bridgehead atoms. The molecule has 2 fully saturated rings. The predicted molar refractivity (Wildman–Crippen MR) is 98.8 cm³/mol. The Bertz CT molecular complexity index is 331. The first-order chi connectivity index (χ1) is 10.1. The molecule has 0 aromatic heterocycles. The van der Waals surface area contributed by atoms with Crippen LogP contribution in [0.5, 0.6) is 0 Å². The minimum absolute atomic E-state index is 0.535. The summed E-state index contributed by atoms with van der Waals surface area (Å²) in [6.07, 6.45) is 7.35. The molecule has 0 aromatic carbocycles. The van der Waals surface area contributed by atoms with Crippen molar-refractivity contribution in [3.8, 4) is 0 Å². The van der Waals surface area contributed by atoms with Crippen molar-refractivity contribution in [2.24, 2.45) is 52.8 Å². The molecule has 4 atom stereocenters. The Morgan fingerprint density at radius 2 is 1.00 bits per heavy atom. The van der Waals surface area contributed by atoms with Gasteiger partial charge in [-0.3, -0.25) is 0 Å². The molecule has 0 nitrogen and oxygen atoms in total. The Morgan fingerprint density at radius 1 is 0.636 bits per heavy atom. The third kappa shape index (κ3) is 3.90. The normalized spacial score (nSPS) is 47.5. The molecule has 4 unspecified atom stereocenters. The summed E-state index contributed by atoms with van der Waals surface area (Å²) in [7, 11) is 0. The van der Waals surface area contributed by atoms with E-state index in [0.717, 1.165) is 47.3 Å². The maximum absolute atomic E-state index is 2.58. The van der Waals surface area contributed by atoms with E-state index < -0.39 is 0 Å². The van der Waals surface area contributed by atoms with Crippen molar-refractivity contribution < 1.29 is 0 Å². The molecule has 130 valence electrons. The standard InChI is InChI=1S/C22H42/c1-14-9-20(10-15(2)18(14)5)13-22(7,8)21-11-16(3)19(6)17(4)12-21/h14-21H,9-13H2,1-8H3. The molecule has 0 aliphatic heterocycles. The monoisotopic (exact) mass is 306 g/mol. The van der Waals surface area contributed by atoms with Crippen molar-refractivity contribution in [2.45, 2.75) is 87.5 Å². The summed E-state index contributed by atoms with van der Waals surface area (Å²) in [6.45, 7) is 20.1. The molecule has 0 amide bonds. The van der Waals surface area contributed by atoms with Gasteiger partial charge >= 0.3 is 0 Å². The minimum atomic E-state index is 0.535.